The maximum Gasteiger partial charge on any atom is 0.417 e. The second-order valence-corrected chi connectivity index (χ2v) is 14.8. The molecule has 1 amide bonds. The third kappa shape index (κ3) is 6.47. The number of nitrogens with zero attached hydrogens (tertiary/aromatic N) is 4. The Morgan fingerprint density at radius 2 is 1.85 bits per heavy atom. The number of rotatable bonds is 11. The number of carbonyl (C=O) groups is 1. The maximum atomic E-state index is 15.2. The summed E-state index contributed by atoms with van der Waals surface area (Å²) in [4.78, 5) is 19.4. The van der Waals surface area contributed by atoms with E-state index in [1.165, 1.54) is 23.5 Å². The van der Waals surface area contributed by atoms with Crippen molar-refractivity contribution in [2.45, 2.75) is 75.4 Å². The summed E-state index contributed by atoms with van der Waals surface area (Å²) in [5.74, 6) is -0.653. The molecule has 3 aliphatic rings. The van der Waals surface area contributed by atoms with Crippen LogP contribution < -0.4 is 9.80 Å². The quantitative estimate of drug-likeness (QED) is 0.106. The van der Waals surface area contributed by atoms with Crippen molar-refractivity contribution in [3.8, 4) is 11.3 Å². The molecule has 2 aromatic heterocycles. The molecule has 10 nitrogen and oxygen atoms in total. The highest BCUT2D eigenvalue weighted by Gasteiger charge is 2.43. The van der Waals surface area contributed by atoms with Gasteiger partial charge in [-0.1, -0.05) is 34.7 Å². The van der Waals surface area contributed by atoms with Crippen LogP contribution >= 0.6 is 11.3 Å². The van der Waals surface area contributed by atoms with Crippen LogP contribution in [0.2, 0.25) is 0 Å². The van der Waals surface area contributed by atoms with Gasteiger partial charge in [0.05, 0.1) is 28.7 Å². The lowest BCUT2D eigenvalue weighted by Gasteiger charge is -2.38. The molecule has 47 heavy (non-hydrogen) atoms. The van der Waals surface area contributed by atoms with E-state index >= 15 is 4.39 Å². The molecule has 7 rings (SSSR count). The lowest BCUT2D eigenvalue weighted by atomic mass is 9.98. The predicted octanol–water partition coefficient (Wildman–Crippen LogP) is 6.55. The number of halogens is 4. The molecule has 0 spiro atoms. The number of hydrogen-bond donors (Lipinski definition) is 1. The average molecular weight is 695 g/mol. The van der Waals surface area contributed by atoms with Gasteiger partial charge in [-0.05, 0) is 56.7 Å². The highest BCUT2D eigenvalue weighted by molar-refractivity contribution is 7.85. The third-order valence-electron chi connectivity index (χ3n) is 9.10. The number of amides is 1. The fourth-order valence-corrected chi connectivity index (χ4v) is 8.33. The van der Waals surface area contributed by atoms with Crippen LogP contribution in [0.1, 0.15) is 61.3 Å². The summed E-state index contributed by atoms with van der Waals surface area (Å²) in [7, 11) is -4.32. The Morgan fingerprint density at radius 1 is 1.13 bits per heavy atom. The van der Waals surface area contributed by atoms with Gasteiger partial charge in [-0.15, -0.1) is 0 Å². The molecule has 2 saturated heterocycles. The van der Waals surface area contributed by atoms with Crippen molar-refractivity contribution < 1.29 is 44.6 Å². The van der Waals surface area contributed by atoms with Gasteiger partial charge >= 0.3 is 6.18 Å². The van der Waals surface area contributed by atoms with E-state index < -0.39 is 33.4 Å². The van der Waals surface area contributed by atoms with E-state index in [1.54, 1.807) is 12.1 Å². The number of piperidine rings is 1. The van der Waals surface area contributed by atoms with Crippen molar-refractivity contribution in [3.63, 3.8) is 0 Å². The molecular weight excluding hydrogens is 664 g/mol. The molecule has 1 aliphatic carbocycles. The van der Waals surface area contributed by atoms with Crippen molar-refractivity contribution in [3.05, 3.63) is 59.1 Å². The molecule has 16 heteroatoms. The minimum atomic E-state index is -4.55. The Bertz CT molecular complexity index is 1910. The average Bonchev–Trinajstić information content (AvgIpc) is 3.52. The standard InChI is InChI=1S/C31H30F4N4O6S2/c32-25-13-20(38(16-40)9-10-47(41,42)43)14-26-28(25)36-30(46-26)39-18-7-8-19(39)12-21(11-18)44-15-23-27(37-45-29(23)17-5-6-17)22-3-1-2-4-24(22)31(33,34)35/h1-4,13-14,16-19,21H,5-12,15H2,(H,41,42,43)/t18-,19+,21?. The fraction of sp³-hybridized carbons (Fsp3) is 0.452. The molecule has 2 aliphatic heterocycles. The fourth-order valence-electron chi connectivity index (χ4n) is 6.75. The maximum absolute atomic E-state index is 15.2. The van der Waals surface area contributed by atoms with Crippen molar-refractivity contribution in [2.24, 2.45) is 0 Å². The van der Waals surface area contributed by atoms with Crippen LogP contribution in [0.25, 0.3) is 21.5 Å². The highest BCUT2D eigenvalue weighted by Crippen LogP contribution is 2.47. The van der Waals surface area contributed by atoms with Crippen LogP contribution in [0.4, 0.5) is 28.4 Å². The normalized spacial score (nSPS) is 21.5. The molecule has 2 bridgehead atoms. The van der Waals surface area contributed by atoms with Gasteiger partial charge in [-0.25, -0.2) is 9.37 Å². The molecule has 2 aromatic carbocycles. The van der Waals surface area contributed by atoms with E-state index in [4.69, 9.17) is 13.8 Å². The van der Waals surface area contributed by atoms with Crippen molar-refractivity contribution in [2.75, 3.05) is 22.1 Å². The molecule has 1 N–H and O–H groups in total. The molecule has 250 valence electrons. The summed E-state index contributed by atoms with van der Waals surface area (Å²) in [6.45, 7) is -0.273. The number of aromatic nitrogens is 2. The van der Waals surface area contributed by atoms with Crippen molar-refractivity contribution in [1.29, 1.82) is 0 Å². The third-order valence-corrected chi connectivity index (χ3v) is 10.8. The van der Waals surface area contributed by atoms with E-state index in [9.17, 15) is 26.4 Å². The summed E-state index contributed by atoms with van der Waals surface area (Å²) < 4.78 is 101. The lowest BCUT2D eigenvalue weighted by Crippen LogP contribution is -2.45. The van der Waals surface area contributed by atoms with Crippen LogP contribution in [-0.2, 0) is 32.4 Å². The van der Waals surface area contributed by atoms with Gasteiger partial charge in [0, 0.05) is 41.4 Å². The molecule has 3 atom stereocenters. The number of thiazole rings is 1. The van der Waals surface area contributed by atoms with E-state index in [0.29, 0.717) is 40.4 Å². The van der Waals surface area contributed by atoms with Crippen LogP contribution in [0, 0.1) is 5.82 Å². The minimum Gasteiger partial charge on any atom is -0.373 e. The second-order valence-electron chi connectivity index (χ2n) is 12.2. The Balaban J connectivity index is 1.08. The Labute approximate surface area is 271 Å². The molecule has 1 saturated carbocycles. The van der Waals surface area contributed by atoms with Crippen LogP contribution in [0.5, 0.6) is 0 Å². The first kappa shape index (κ1) is 32.0. The molecule has 3 fully saturated rings. The Kier molecular flexibility index (Phi) is 8.25. The SMILES string of the molecule is O=CN(CCS(=O)(=O)O)c1cc(F)c2nc(N3[C@@H]4CC[C@H]3CC(OCc3c(-c5ccccc5C(F)(F)F)noc3C3CC3)C4)sc2c1. The summed E-state index contributed by atoms with van der Waals surface area (Å²) in [6.07, 6.45) is 0.450. The van der Waals surface area contributed by atoms with Gasteiger partial charge in [0.15, 0.2) is 10.9 Å². The van der Waals surface area contributed by atoms with Crippen molar-refractivity contribution in [1.82, 2.24) is 10.1 Å². The zero-order chi connectivity index (χ0) is 33.1. The number of hydrogen-bond acceptors (Lipinski definition) is 9. The summed E-state index contributed by atoms with van der Waals surface area (Å²) in [6, 6.07) is 8.12. The summed E-state index contributed by atoms with van der Waals surface area (Å²) >= 11 is 1.27. The smallest absolute Gasteiger partial charge is 0.373 e. The van der Waals surface area contributed by atoms with Crippen LogP contribution in [-0.4, -0.2) is 60.0 Å². The van der Waals surface area contributed by atoms with E-state index in [-0.39, 0.29) is 59.7 Å². The van der Waals surface area contributed by atoms with Gasteiger partial charge in [0.1, 0.15) is 17.0 Å². The molecule has 0 radical (unpaired) electrons. The monoisotopic (exact) mass is 694 g/mol. The van der Waals surface area contributed by atoms with Crippen LogP contribution in [0.15, 0.2) is 40.9 Å². The Hall–Kier alpha value is -3.60. The van der Waals surface area contributed by atoms with Gasteiger partial charge in [0.25, 0.3) is 10.1 Å². The first-order valence-electron chi connectivity index (χ1n) is 15.2. The number of fused-ring (bicyclic) bond motifs is 3. The first-order valence-corrected chi connectivity index (χ1v) is 17.6. The van der Waals surface area contributed by atoms with Gasteiger partial charge < -0.3 is 19.1 Å². The number of anilines is 2. The number of carbonyl (C=O) groups excluding carboxylic acids is 1. The highest BCUT2D eigenvalue weighted by atomic mass is 32.2. The molecule has 4 heterocycles. The second kappa shape index (κ2) is 12.1. The zero-order valence-corrected chi connectivity index (χ0v) is 26.5. The summed E-state index contributed by atoms with van der Waals surface area (Å²) in [5, 5.41) is 4.71. The van der Waals surface area contributed by atoms with Crippen molar-refractivity contribution >= 4 is 48.9 Å². The van der Waals surface area contributed by atoms with E-state index in [0.717, 1.165) is 42.7 Å². The van der Waals surface area contributed by atoms with Gasteiger partial charge in [-0.3, -0.25) is 9.35 Å². The van der Waals surface area contributed by atoms with Crippen LogP contribution in [0.3, 0.4) is 0 Å². The largest absolute Gasteiger partial charge is 0.417 e. The molecular formula is C31H30F4N4O6S2. The number of benzene rings is 2. The number of alkyl halides is 3. The molecule has 1 unspecified atom stereocenters. The number of ether oxygens (including phenoxy) is 1. The minimum absolute atomic E-state index is 0.0370. The van der Waals surface area contributed by atoms with Gasteiger partial charge in [0.2, 0.25) is 6.41 Å². The topological polar surface area (TPSA) is 126 Å². The first-order chi connectivity index (χ1) is 22.4. The summed E-state index contributed by atoms with van der Waals surface area (Å²) in [5.41, 5.74) is 0.179. The Morgan fingerprint density at radius 3 is 2.51 bits per heavy atom. The van der Waals surface area contributed by atoms with Gasteiger partial charge in [-0.2, -0.15) is 21.6 Å². The zero-order valence-electron chi connectivity index (χ0n) is 24.8. The lowest BCUT2D eigenvalue weighted by molar-refractivity contribution is -0.137. The predicted molar refractivity (Wildman–Crippen MR) is 165 cm³/mol. The van der Waals surface area contributed by atoms with E-state index in [1.807, 2.05) is 0 Å². The molecule has 4 aromatic rings. The van der Waals surface area contributed by atoms with E-state index in [2.05, 4.69) is 15.0 Å².